The summed E-state index contributed by atoms with van der Waals surface area (Å²) in [5, 5.41) is 0. The van der Waals surface area contributed by atoms with Crippen LogP contribution in [-0.4, -0.2) is 39.8 Å². The van der Waals surface area contributed by atoms with Gasteiger partial charge in [-0.15, -0.1) is 18.0 Å². The first kappa shape index (κ1) is 25.4. The quantitative estimate of drug-likeness (QED) is 0.275. The smallest absolute Gasteiger partial charge is 0.184 e. The zero-order chi connectivity index (χ0) is 23.7. The molecular formula is C28H36O4Si. The van der Waals surface area contributed by atoms with Crippen molar-refractivity contribution in [3.8, 4) is 11.5 Å². The van der Waals surface area contributed by atoms with E-state index in [4.69, 9.17) is 18.9 Å². The highest BCUT2D eigenvalue weighted by Gasteiger charge is 2.46. The van der Waals surface area contributed by atoms with Gasteiger partial charge < -0.3 is 18.9 Å². The second-order valence-corrected chi connectivity index (χ2v) is 14.1. The van der Waals surface area contributed by atoms with Gasteiger partial charge in [-0.1, -0.05) is 86.4 Å². The topological polar surface area (TPSA) is 36.9 Å². The third-order valence-corrected chi connectivity index (χ3v) is 6.47. The van der Waals surface area contributed by atoms with Crippen molar-refractivity contribution in [2.24, 2.45) is 5.92 Å². The highest BCUT2D eigenvalue weighted by atomic mass is 28.3. The molecule has 0 N–H and O–H groups in total. The predicted molar refractivity (Wildman–Crippen MR) is 135 cm³/mol. The van der Waals surface area contributed by atoms with Gasteiger partial charge in [-0.3, -0.25) is 0 Å². The Labute approximate surface area is 199 Å². The summed E-state index contributed by atoms with van der Waals surface area (Å²) in [5.41, 5.74) is 5.65. The molecule has 0 radical (unpaired) electrons. The van der Waals surface area contributed by atoms with Gasteiger partial charge in [-0.2, -0.15) is 0 Å². The van der Waals surface area contributed by atoms with Crippen LogP contribution in [0.15, 0.2) is 73.3 Å². The fraction of sp³-hybridized carbons (Fsp3) is 0.429. The van der Waals surface area contributed by atoms with E-state index in [1.807, 2.05) is 54.6 Å². The minimum atomic E-state index is -1.48. The maximum atomic E-state index is 6.45. The average molecular weight is 465 g/mol. The third kappa shape index (κ3) is 7.67. The Hall–Kier alpha value is -2.20. The van der Waals surface area contributed by atoms with Gasteiger partial charge in [0.15, 0.2) is 6.29 Å². The SMILES string of the molecule is C=C[C@@H]1[C@H](OCc2ccccc2)[C@@H](OC)O[C@H](CC#C[Si](C)(C)C)[C@H]1OCc1ccccc1. The summed E-state index contributed by atoms with van der Waals surface area (Å²) in [6, 6.07) is 20.3. The van der Waals surface area contributed by atoms with Crippen molar-refractivity contribution in [2.45, 2.75) is 63.9 Å². The van der Waals surface area contributed by atoms with Gasteiger partial charge in [0, 0.05) is 19.4 Å². The lowest BCUT2D eigenvalue weighted by Crippen LogP contribution is -2.55. The van der Waals surface area contributed by atoms with Crippen molar-refractivity contribution in [1.29, 1.82) is 0 Å². The lowest BCUT2D eigenvalue weighted by atomic mass is 9.87. The third-order valence-electron chi connectivity index (χ3n) is 5.54. The largest absolute Gasteiger partial charge is 0.370 e. The maximum Gasteiger partial charge on any atom is 0.184 e. The van der Waals surface area contributed by atoms with Gasteiger partial charge >= 0.3 is 0 Å². The summed E-state index contributed by atoms with van der Waals surface area (Å²) in [6.07, 6.45) is 1.16. The Morgan fingerprint density at radius 1 is 0.909 bits per heavy atom. The minimum Gasteiger partial charge on any atom is -0.370 e. The van der Waals surface area contributed by atoms with Crippen LogP contribution in [0.4, 0.5) is 0 Å². The van der Waals surface area contributed by atoms with Crippen molar-refractivity contribution in [3.63, 3.8) is 0 Å². The minimum absolute atomic E-state index is 0.102. The molecule has 33 heavy (non-hydrogen) atoms. The molecule has 5 atom stereocenters. The number of ether oxygens (including phenoxy) is 4. The van der Waals surface area contributed by atoms with E-state index in [9.17, 15) is 0 Å². The second kappa shape index (κ2) is 12.3. The summed E-state index contributed by atoms with van der Waals surface area (Å²) < 4.78 is 24.9. The Bertz CT molecular complexity index is 914. The molecule has 0 saturated carbocycles. The molecule has 0 amide bonds. The molecule has 0 bridgehead atoms. The van der Waals surface area contributed by atoms with E-state index in [-0.39, 0.29) is 24.2 Å². The normalized spacial score (nSPS) is 25.2. The molecule has 1 saturated heterocycles. The zero-order valence-electron chi connectivity index (χ0n) is 20.2. The van der Waals surface area contributed by atoms with Crippen molar-refractivity contribution in [1.82, 2.24) is 0 Å². The summed E-state index contributed by atoms with van der Waals surface area (Å²) in [4.78, 5) is 0. The summed E-state index contributed by atoms with van der Waals surface area (Å²) in [7, 11) is 0.170. The predicted octanol–water partition coefficient (Wildman–Crippen LogP) is 5.60. The number of hydrogen-bond acceptors (Lipinski definition) is 4. The first-order chi connectivity index (χ1) is 15.9. The molecular weight excluding hydrogens is 428 g/mol. The van der Waals surface area contributed by atoms with Crippen molar-refractivity contribution < 1.29 is 18.9 Å². The highest BCUT2D eigenvalue weighted by molar-refractivity contribution is 6.83. The Balaban J connectivity index is 1.81. The van der Waals surface area contributed by atoms with Gasteiger partial charge in [-0.25, -0.2) is 0 Å². The molecule has 0 aromatic heterocycles. The summed E-state index contributed by atoms with van der Waals surface area (Å²) in [5.74, 6) is 3.26. The molecule has 1 heterocycles. The van der Waals surface area contributed by atoms with E-state index in [0.29, 0.717) is 19.6 Å². The van der Waals surface area contributed by atoms with Crippen LogP contribution in [0.3, 0.4) is 0 Å². The van der Waals surface area contributed by atoms with Crippen LogP contribution in [-0.2, 0) is 32.2 Å². The Morgan fingerprint density at radius 3 is 1.94 bits per heavy atom. The summed E-state index contributed by atoms with van der Waals surface area (Å²) in [6.45, 7) is 11.8. The Kier molecular flexibility index (Phi) is 9.48. The molecule has 1 aliphatic heterocycles. The molecule has 2 aromatic rings. The first-order valence-electron chi connectivity index (χ1n) is 11.5. The van der Waals surface area contributed by atoms with Crippen molar-refractivity contribution >= 4 is 8.07 Å². The summed E-state index contributed by atoms with van der Waals surface area (Å²) >= 11 is 0. The van der Waals surface area contributed by atoms with Crippen LogP contribution in [0.25, 0.3) is 0 Å². The van der Waals surface area contributed by atoms with E-state index in [1.165, 1.54) is 0 Å². The van der Waals surface area contributed by atoms with E-state index in [2.05, 4.69) is 49.8 Å². The van der Waals surface area contributed by atoms with E-state index < -0.39 is 14.4 Å². The van der Waals surface area contributed by atoms with Gasteiger partial charge in [0.05, 0.1) is 25.4 Å². The molecule has 176 valence electrons. The second-order valence-electron chi connectivity index (χ2n) is 9.37. The fourth-order valence-electron chi connectivity index (χ4n) is 3.92. The molecule has 1 aliphatic rings. The maximum absolute atomic E-state index is 6.45. The van der Waals surface area contributed by atoms with Crippen molar-refractivity contribution in [3.05, 3.63) is 84.4 Å². The molecule has 0 spiro atoms. The van der Waals surface area contributed by atoms with Crippen LogP contribution in [0.1, 0.15) is 17.5 Å². The lowest BCUT2D eigenvalue weighted by Gasteiger charge is -2.44. The number of benzene rings is 2. The van der Waals surface area contributed by atoms with Gasteiger partial charge in [0.2, 0.25) is 0 Å². The van der Waals surface area contributed by atoms with Crippen LogP contribution in [0.2, 0.25) is 19.6 Å². The monoisotopic (exact) mass is 464 g/mol. The molecule has 5 heteroatoms. The number of methoxy groups -OCH3 is 1. The van der Waals surface area contributed by atoms with E-state index in [1.54, 1.807) is 7.11 Å². The first-order valence-corrected chi connectivity index (χ1v) is 15.0. The molecule has 1 fully saturated rings. The standard InChI is InChI=1S/C28H36O4Si/c1-6-24-26(30-20-22-14-9-7-10-15-22)25(18-13-19-33(3,4)5)32-28(29-2)27(24)31-21-23-16-11-8-12-17-23/h6-12,14-17,24-28H,1,18,20-21H2,2-5H3/t24-,25+,26-,27-,28-/m0/s1. The lowest BCUT2D eigenvalue weighted by molar-refractivity contribution is -0.289. The molecule has 0 aliphatic carbocycles. The van der Waals surface area contributed by atoms with E-state index >= 15 is 0 Å². The van der Waals surface area contributed by atoms with E-state index in [0.717, 1.165) is 11.1 Å². The Morgan fingerprint density at radius 2 is 1.45 bits per heavy atom. The van der Waals surface area contributed by atoms with Crippen LogP contribution >= 0.6 is 0 Å². The molecule has 3 rings (SSSR count). The van der Waals surface area contributed by atoms with Crippen LogP contribution < -0.4 is 0 Å². The van der Waals surface area contributed by atoms with Crippen molar-refractivity contribution in [2.75, 3.05) is 7.11 Å². The number of hydrogen-bond donors (Lipinski definition) is 0. The zero-order valence-corrected chi connectivity index (χ0v) is 21.2. The fourth-order valence-corrected chi connectivity index (χ4v) is 4.56. The van der Waals surface area contributed by atoms with Gasteiger partial charge in [-0.05, 0) is 11.1 Å². The van der Waals surface area contributed by atoms with Gasteiger partial charge in [0.25, 0.3) is 0 Å². The molecule has 4 nitrogen and oxygen atoms in total. The number of rotatable bonds is 9. The van der Waals surface area contributed by atoms with Crippen LogP contribution in [0.5, 0.6) is 0 Å². The molecule has 2 aromatic carbocycles. The van der Waals surface area contributed by atoms with Gasteiger partial charge in [0.1, 0.15) is 14.2 Å². The average Bonchev–Trinajstić information content (AvgIpc) is 2.82. The van der Waals surface area contributed by atoms with Crippen LogP contribution in [0, 0.1) is 17.4 Å². The molecule has 0 unspecified atom stereocenters. The highest BCUT2D eigenvalue weighted by Crippen LogP contribution is 2.34.